The first-order chi connectivity index (χ1) is 11.4. The van der Waals surface area contributed by atoms with Crippen molar-refractivity contribution < 1.29 is 18.0 Å². The summed E-state index contributed by atoms with van der Waals surface area (Å²) >= 11 is 0. The lowest BCUT2D eigenvalue weighted by Gasteiger charge is -2.25. The van der Waals surface area contributed by atoms with E-state index in [0.29, 0.717) is 23.9 Å². The van der Waals surface area contributed by atoms with E-state index >= 15 is 0 Å². The zero-order valence-corrected chi connectivity index (χ0v) is 13.0. The van der Waals surface area contributed by atoms with E-state index in [-0.39, 0.29) is 31.8 Å². The van der Waals surface area contributed by atoms with Crippen molar-refractivity contribution in [1.82, 2.24) is 29.9 Å². The van der Waals surface area contributed by atoms with Gasteiger partial charge in [0, 0.05) is 25.7 Å². The van der Waals surface area contributed by atoms with Crippen molar-refractivity contribution >= 4 is 5.91 Å². The standard InChI is InChI=1S/C14H17F3N6O/c1-2-23-10(3-5-19-23)13(24)18-8-12-21-20-11-7-9(14(15,16)17)4-6-22(11)12/h3,5,9H,2,4,6-8H2,1H3,(H,18,24)/t9-/m0/s1. The quantitative estimate of drug-likeness (QED) is 0.914. The van der Waals surface area contributed by atoms with Gasteiger partial charge >= 0.3 is 6.18 Å². The fourth-order valence-electron chi connectivity index (χ4n) is 2.83. The van der Waals surface area contributed by atoms with Crippen molar-refractivity contribution in [2.24, 2.45) is 5.92 Å². The predicted octanol–water partition coefficient (Wildman–Crippen LogP) is 1.55. The summed E-state index contributed by atoms with van der Waals surface area (Å²) in [4.78, 5) is 12.2. The number of rotatable bonds is 4. The molecule has 1 amide bonds. The van der Waals surface area contributed by atoms with E-state index in [0.717, 1.165) is 0 Å². The van der Waals surface area contributed by atoms with Crippen molar-refractivity contribution in [1.29, 1.82) is 0 Å². The molecule has 0 spiro atoms. The Labute approximate surface area is 135 Å². The summed E-state index contributed by atoms with van der Waals surface area (Å²) in [5.41, 5.74) is 0.424. The van der Waals surface area contributed by atoms with E-state index in [4.69, 9.17) is 0 Å². The van der Waals surface area contributed by atoms with Crippen molar-refractivity contribution in [3.05, 3.63) is 29.6 Å². The zero-order valence-electron chi connectivity index (χ0n) is 13.0. The maximum Gasteiger partial charge on any atom is 0.392 e. The number of aromatic nitrogens is 5. The SMILES string of the molecule is CCn1nccc1C(=O)NCc1nnc2n1CC[C@H](C(F)(F)F)C2. The van der Waals surface area contributed by atoms with Crippen LogP contribution in [0, 0.1) is 5.92 Å². The van der Waals surface area contributed by atoms with Crippen molar-refractivity contribution in [2.45, 2.75) is 45.6 Å². The topological polar surface area (TPSA) is 77.6 Å². The lowest BCUT2D eigenvalue weighted by Crippen LogP contribution is -2.32. The Bertz CT molecular complexity index is 735. The van der Waals surface area contributed by atoms with Crippen molar-refractivity contribution in [2.75, 3.05) is 0 Å². The number of fused-ring (bicyclic) bond motifs is 1. The Morgan fingerprint density at radius 1 is 1.42 bits per heavy atom. The molecule has 0 unspecified atom stereocenters. The summed E-state index contributed by atoms with van der Waals surface area (Å²) in [6, 6.07) is 1.60. The number of nitrogens with zero attached hydrogens (tertiary/aromatic N) is 5. The molecular formula is C14H17F3N6O. The fourth-order valence-corrected chi connectivity index (χ4v) is 2.83. The van der Waals surface area contributed by atoms with Crippen LogP contribution in [0.25, 0.3) is 0 Å². The molecule has 2 aromatic rings. The van der Waals surface area contributed by atoms with Crippen LogP contribution in [0.2, 0.25) is 0 Å². The summed E-state index contributed by atoms with van der Waals surface area (Å²) in [5, 5.41) is 14.5. The van der Waals surface area contributed by atoms with E-state index in [1.807, 2.05) is 6.92 Å². The number of halogens is 3. The maximum atomic E-state index is 12.8. The molecule has 0 fully saturated rings. The number of aryl methyl sites for hydroxylation is 1. The van der Waals surface area contributed by atoms with Gasteiger partial charge in [0.15, 0.2) is 5.82 Å². The molecule has 0 saturated heterocycles. The van der Waals surface area contributed by atoms with Crippen LogP contribution in [0.4, 0.5) is 13.2 Å². The van der Waals surface area contributed by atoms with E-state index < -0.39 is 12.1 Å². The predicted molar refractivity (Wildman–Crippen MR) is 77.0 cm³/mol. The third kappa shape index (κ3) is 3.13. The highest BCUT2D eigenvalue weighted by Gasteiger charge is 2.42. The lowest BCUT2D eigenvalue weighted by molar-refractivity contribution is -0.179. The van der Waals surface area contributed by atoms with Gasteiger partial charge in [-0.25, -0.2) is 0 Å². The van der Waals surface area contributed by atoms with Gasteiger partial charge in [0.05, 0.1) is 12.5 Å². The average Bonchev–Trinajstić information content (AvgIpc) is 3.17. The smallest absolute Gasteiger partial charge is 0.343 e. The van der Waals surface area contributed by atoms with Gasteiger partial charge in [0.25, 0.3) is 5.91 Å². The van der Waals surface area contributed by atoms with Crippen LogP contribution in [0.15, 0.2) is 12.3 Å². The lowest BCUT2D eigenvalue weighted by atomic mass is 9.97. The number of hydrogen-bond acceptors (Lipinski definition) is 4. The molecular weight excluding hydrogens is 325 g/mol. The van der Waals surface area contributed by atoms with E-state index in [2.05, 4.69) is 20.6 Å². The Hall–Kier alpha value is -2.39. The molecule has 3 rings (SSSR count). The number of alkyl halides is 3. The monoisotopic (exact) mass is 342 g/mol. The Morgan fingerprint density at radius 2 is 2.21 bits per heavy atom. The highest BCUT2D eigenvalue weighted by molar-refractivity contribution is 5.92. The van der Waals surface area contributed by atoms with E-state index in [9.17, 15) is 18.0 Å². The van der Waals surface area contributed by atoms with Gasteiger partial charge in [-0.2, -0.15) is 18.3 Å². The molecule has 1 aliphatic heterocycles. The second-order valence-corrected chi connectivity index (χ2v) is 5.63. The van der Waals surface area contributed by atoms with Gasteiger partial charge in [-0.05, 0) is 19.4 Å². The van der Waals surface area contributed by atoms with Crippen LogP contribution < -0.4 is 5.32 Å². The van der Waals surface area contributed by atoms with Crippen molar-refractivity contribution in [3.63, 3.8) is 0 Å². The Kier molecular flexibility index (Phi) is 4.29. The van der Waals surface area contributed by atoms with Crippen molar-refractivity contribution in [3.8, 4) is 0 Å². The number of carbonyl (C=O) groups is 1. The molecule has 1 aliphatic rings. The van der Waals surface area contributed by atoms with Gasteiger partial charge in [0.1, 0.15) is 11.5 Å². The van der Waals surface area contributed by atoms with Gasteiger partial charge in [0.2, 0.25) is 0 Å². The molecule has 0 saturated carbocycles. The first kappa shape index (κ1) is 16.5. The summed E-state index contributed by atoms with van der Waals surface area (Å²) < 4.78 is 41.6. The Morgan fingerprint density at radius 3 is 2.92 bits per heavy atom. The first-order valence-corrected chi connectivity index (χ1v) is 7.67. The average molecular weight is 342 g/mol. The van der Waals surface area contributed by atoms with Crippen LogP contribution in [-0.4, -0.2) is 36.6 Å². The molecule has 1 atom stereocenters. The molecule has 24 heavy (non-hydrogen) atoms. The minimum Gasteiger partial charge on any atom is -0.343 e. The summed E-state index contributed by atoms with van der Waals surface area (Å²) in [5.74, 6) is -0.917. The van der Waals surface area contributed by atoms with E-state index in [1.54, 1.807) is 15.3 Å². The first-order valence-electron chi connectivity index (χ1n) is 7.67. The van der Waals surface area contributed by atoms with Gasteiger partial charge in [-0.3, -0.25) is 9.48 Å². The normalized spacial score (nSPS) is 17.6. The number of carbonyl (C=O) groups excluding carboxylic acids is 1. The molecule has 0 aromatic carbocycles. The minimum atomic E-state index is -4.22. The molecule has 1 N–H and O–H groups in total. The molecule has 0 radical (unpaired) electrons. The van der Waals surface area contributed by atoms with Gasteiger partial charge in [-0.1, -0.05) is 0 Å². The fraction of sp³-hybridized carbons (Fsp3) is 0.571. The summed E-state index contributed by atoms with van der Waals surface area (Å²) in [7, 11) is 0. The number of amides is 1. The van der Waals surface area contributed by atoms with Crippen LogP contribution in [-0.2, 0) is 26.1 Å². The van der Waals surface area contributed by atoms with Gasteiger partial charge < -0.3 is 9.88 Å². The second-order valence-electron chi connectivity index (χ2n) is 5.63. The molecule has 10 heteroatoms. The maximum absolute atomic E-state index is 12.8. The van der Waals surface area contributed by atoms with Crippen LogP contribution in [0.5, 0.6) is 0 Å². The number of hydrogen-bond donors (Lipinski definition) is 1. The summed E-state index contributed by atoms with van der Waals surface area (Å²) in [6.07, 6.45) is -2.86. The summed E-state index contributed by atoms with van der Waals surface area (Å²) in [6.45, 7) is 2.74. The van der Waals surface area contributed by atoms with Gasteiger partial charge in [-0.15, -0.1) is 10.2 Å². The third-order valence-electron chi connectivity index (χ3n) is 4.15. The minimum absolute atomic E-state index is 0.00189. The third-order valence-corrected chi connectivity index (χ3v) is 4.15. The Balaban J connectivity index is 1.66. The molecule has 0 aliphatic carbocycles. The number of nitrogens with one attached hydrogen (secondary N) is 1. The molecule has 2 aromatic heterocycles. The van der Waals surface area contributed by atoms with E-state index in [1.165, 1.54) is 6.20 Å². The van der Waals surface area contributed by atoms with Crippen LogP contribution in [0.3, 0.4) is 0 Å². The second kappa shape index (κ2) is 6.25. The highest BCUT2D eigenvalue weighted by Crippen LogP contribution is 2.34. The molecule has 7 nitrogen and oxygen atoms in total. The zero-order chi connectivity index (χ0) is 17.3. The molecule has 0 bridgehead atoms. The largest absolute Gasteiger partial charge is 0.392 e. The van der Waals surface area contributed by atoms with Crippen LogP contribution >= 0.6 is 0 Å². The molecule has 130 valence electrons. The van der Waals surface area contributed by atoms with Crippen LogP contribution in [0.1, 0.15) is 35.5 Å². The highest BCUT2D eigenvalue weighted by atomic mass is 19.4. The molecule has 3 heterocycles.